The standard InChI is InChI=1S/C18H19NO4S/c1-13-10-14-6-3-4-9-17(14)19(13)18(20)12-24(21,22)16-8-5-7-15(11-16)23-2/h3-9,11,13H,10,12H2,1-2H3/t13-/m0/s1. The first-order valence-corrected chi connectivity index (χ1v) is 9.34. The third kappa shape index (κ3) is 3.01. The first-order chi connectivity index (χ1) is 11.4. The van der Waals surface area contributed by atoms with Gasteiger partial charge in [0.1, 0.15) is 11.5 Å². The Morgan fingerprint density at radius 1 is 1.21 bits per heavy atom. The SMILES string of the molecule is COc1cccc(S(=O)(=O)CC(=O)N2c3ccccc3C[C@@H]2C)c1. The van der Waals surface area contributed by atoms with Crippen LogP contribution in [0.2, 0.25) is 0 Å². The molecule has 126 valence electrons. The number of carbonyl (C=O) groups excluding carboxylic acids is 1. The number of amides is 1. The molecule has 0 N–H and O–H groups in total. The number of benzene rings is 2. The van der Waals surface area contributed by atoms with Crippen LogP contribution in [0.15, 0.2) is 53.4 Å². The minimum atomic E-state index is -3.73. The largest absolute Gasteiger partial charge is 0.497 e. The van der Waals surface area contributed by atoms with E-state index >= 15 is 0 Å². The zero-order valence-electron chi connectivity index (χ0n) is 13.6. The number of para-hydroxylation sites is 1. The molecule has 0 saturated carbocycles. The molecule has 0 bridgehead atoms. The summed E-state index contributed by atoms with van der Waals surface area (Å²) in [5.74, 6) is -0.516. The summed E-state index contributed by atoms with van der Waals surface area (Å²) < 4.78 is 30.2. The Kier molecular flexibility index (Phi) is 4.32. The van der Waals surface area contributed by atoms with Crippen molar-refractivity contribution in [2.45, 2.75) is 24.3 Å². The van der Waals surface area contributed by atoms with E-state index in [1.165, 1.54) is 19.2 Å². The molecule has 6 heteroatoms. The van der Waals surface area contributed by atoms with Crippen LogP contribution in [-0.4, -0.2) is 33.2 Å². The molecule has 1 amide bonds. The molecule has 0 aromatic heterocycles. The fourth-order valence-corrected chi connectivity index (χ4v) is 4.27. The van der Waals surface area contributed by atoms with Crippen LogP contribution in [0.25, 0.3) is 0 Å². The molecule has 5 nitrogen and oxygen atoms in total. The maximum Gasteiger partial charge on any atom is 0.242 e. The molecule has 0 fully saturated rings. The van der Waals surface area contributed by atoms with Crippen LogP contribution in [0.5, 0.6) is 5.75 Å². The number of fused-ring (bicyclic) bond motifs is 1. The molecule has 1 aliphatic heterocycles. The van der Waals surface area contributed by atoms with Gasteiger partial charge in [0, 0.05) is 11.7 Å². The Morgan fingerprint density at radius 2 is 1.96 bits per heavy atom. The van der Waals surface area contributed by atoms with Gasteiger partial charge in [-0.1, -0.05) is 24.3 Å². The average Bonchev–Trinajstić information content (AvgIpc) is 2.90. The van der Waals surface area contributed by atoms with E-state index in [1.807, 2.05) is 31.2 Å². The molecule has 0 unspecified atom stereocenters. The Bertz CT molecular complexity index is 876. The Balaban J connectivity index is 1.86. The van der Waals surface area contributed by atoms with Gasteiger partial charge in [0.2, 0.25) is 5.91 Å². The summed E-state index contributed by atoms with van der Waals surface area (Å²) in [6, 6.07) is 13.7. The van der Waals surface area contributed by atoms with Gasteiger partial charge in [-0.25, -0.2) is 8.42 Å². The van der Waals surface area contributed by atoms with Crippen LogP contribution in [0.1, 0.15) is 12.5 Å². The predicted molar refractivity (Wildman–Crippen MR) is 92.1 cm³/mol. The van der Waals surface area contributed by atoms with Crippen LogP contribution in [0.4, 0.5) is 5.69 Å². The van der Waals surface area contributed by atoms with Crippen molar-refractivity contribution < 1.29 is 17.9 Å². The van der Waals surface area contributed by atoms with Gasteiger partial charge in [-0.2, -0.15) is 0 Å². The second-order valence-electron chi connectivity index (χ2n) is 5.88. The van der Waals surface area contributed by atoms with Crippen LogP contribution >= 0.6 is 0 Å². The highest BCUT2D eigenvalue weighted by atomic mass is 32.2. The van der Waals surface area contributed by atoms with Crippen molar-refractivity contribution in [2.75, 3.05) is 17.8 Å². The molecular weight excluding hydrogens is 326 g/mol. The molecule has 2 aromatic rings. The molecule has 2 aromatic carbocycles. The number of methoxy groups -OCH3 is 1. The lowest BCUT2D eigenvalue weighted by molar-refractivity contribution is -0.116. The highest BCUT2D eigenvalue weighted by Crippen LogP contribution is 2.32. The number of rotatable bonds is 4. The van der Waals surface area contributed by atoms with Gasteiger partial charge in [-0.3, -0.25) is 4.79 Å². The van der Waals surface area contributed by atoms with Gasteiger partial charge >= 0.3 is 0 Å². The molecule has 1 aliphatic rings. The topological polar surface area (TPSA) is 63.7 Å². The normalized spacial score (nSPS) is 16.8. The highest BCUT2D eigenvalue weighted by Gasteiger charge is 2.33. The van der Waals surface area contributed by atoms with Crippen molar-refractivity contribution in [3.8, 4) is 5.75 Å². The molecule has 0 spiro atoms. The van der Waals surface area contributed by atoms with Gasteiger partial charge in [0.25, 0.3) is 0 Å². The fourth-order valence-electron chi connectivity index (χ4n) is 3.06. The highest BCUT2D eigenvalue weighted by molar-refractivity contribution is 7.92. The maximum atomic E-state index is 12.7. The predicted octanol–water partition coefficient (Wildman–Crippen LogP) is 2.45. The number of nitrogens with zero attached hydrogens (tertiary/aromatic N) is 1. The number of anilines is 1. The summed E-state index contributed by atoms with van der Waals surface area (Å²) >= 11 is 0. The number of ether oxygens (including phenoxy) is 1. The molecule has 1 heterocycles. The third-order valence-corrected chi connectivity index (χ3v) is 5.79. The van der Waals surface area contributed by atoms with E-state index in [9.17, 15) is 13.2 Å². The minimum absolute atomic E-state index is 0.0459. The van der Waals surface area contributed by atoms with Gasteiger partial charge in [-0.05, 0) is 43.2 Å². The second-order valence-corrected chi connectivity index (χ2v) is 7.87. The van der Waals surface area contributed by atoms with Crippen molar-refractivity contribution in [3.05, 3.63) is 54.1 Å². The number of hydrogen-bond acceptors (Lipinski definition) is 4. The molecule has 0 aliphatic carbocycles. The summed E-state index contributed by atoms with van der Waals surface area (Å²) in [6.07, 6.45) is 0.737. The van der Waals surface area contributed by atoms with Crippen molar-refractivity contribution in [1.29, 1.82) is 0 Å². The van der Waals surface area contributed by atoms with Gasteiger partial charge in [-0.15, -0.1) is 0 Å². The summed E-state index contributed by atoms with van der Waals surface area (Å²) in [6.45, 7) is 1.93. The first kappa shape index (κ1) is 16.5. The van der Waals surface area contributed by atoms with E-state index in [0.717, 1.165) is 17.7 Å². The van der Waals surface area contributed by atoms with E-state index in [0.29, 0.717) is 5.75 Å². The lowest BCUT2D eigenvalue weighted by Gasteiger charge is -2.22. The number of hydrogen-bond donors (Lipinski definition) is 0. The molecule has 0 radical (unpaired) electrons. The van der Waals surface area contributed by atoms with Gasteiger partial charge in [0.15, 0.2) is 9.84 Å². The minimum Gasteiger partial charge on any atom is -0.497 e. The molecule has 3 rings (SSSR count). The van der Waals surface area contributed by atoms with Crippen molar-refractivity contribution in [2.24, 2.45) is 0 Å². The maximum absolute atomic E-state index is 12.7. The van der Waals surface area contributed by atoms with E-state index < -0.39 is 21.5 Å². The first-order valence-electron chi connectivity index (χ1n) is 7.69. The fraction of sp³-hybridized carbons (Fsp3) is 0.278. The van der Waals surface area contributed by atoms with Crippen molar-refractivity contribution in [3.63, 3.8) is 0 Å². The van der Waals surface area contributed by atoms with Crippen LogP contribution in [0, 0.1) is 0 Å². The molecule has 0 saturated heterocycles. The summed E-state index contributed by atoms with van der Waals surface area (Å²) in [4.78, 5) is 14.4. The average molecular weight is 345 g/mol. The quantitative estimate of drug-likeness (QED) is 0.854. The Labute approximate surface area is 141 Å². The van der Waals surface area contributed by atoms with E-state index in [2.05, 4.69) is 0 Å². The lowest BCUT2D eigenvalue weighted by atomic mass is 10.1. The van der Waals surface area contributed by atoms with Crippen LogP contribution < -0.4 is 9.64 Å². The second kappa shape index (κ2) is 6.28. The van der Waals surface area contributed by atoms with Crippen molar-refractivity contribution >= 4 is 21.4 Å². The van der Waals surface area contributed by atoms with E-state index in [1.54, 1.807) is 17.0 Å². The van der Waals surface area contributed by atoms with Gasteiger partial charge in [0.05, 0.1) is 12.0 Å². The van der Waals surface area contributed by atoms with Crippen LogP contribution in [0.3, 0.4) is 0 Å². The smallest absolute Gasteiger partial charge is 0.242 e. The summed E-state index contributed by atoms with van der Waals surface area (Å²) in [5, 5.41) is 0. The molecule has 1 atom stereocenters. The zero-order valence-corrected chi connectivity index (χ0v) is 14.4. The third-order valence-electron chi connectivity index (χ3n) is 4.19. The van der Waals surface area contributed by atoms with E-state index in [4.69, 9.17) is 4.74 Å². The Morgan fingerprint density at radius 3 is 2.71 bits per heavy atom. The Hall–Kier alpha value is -2.34. The van der Waals surface area contributed by atoms with Gasteiger partial charge < -0.3 is 9.64 Å². The number of carbonyl (C=O) groups is 1. The summed E-state index contributed by atoms with van der Waals surface area (Å²) in [7, 11) is -2.25. The molecular formula is C18H19NO4S. The van der Waals surface area contributed by atoms with E-state index in [-0.39, 0.29) is 10.9 Å². The summed E-state index contributed by atoms with van der Waals surface area (Å²) in [5.41, 5.74) is 1.87. The molecule has 24 heavy (non-hydrogen) atoms. The van der Waals surface area contributed by atoms with Crippen LogP contribution in [-0.2, 0) is 21.1 Å². The monoisotopic (exact) mass is 345 g/mol. The lowest BCUT2D eigenvalue weighted by Crippen LogP contribution is -2.39. The zero-order chi connectivity index (χ0) is 17.3. The van der Waals surface area contributed by atoms with Crippen molar-refractivity contribution in [1.82, 2.24) is 0 Å². The number of sulfone groups is 1.